The second-order valence-corrected chi connectivity index (χ2v) is 6.64. The first-order chi connectivity index (χ1) is 9.91. The summed E-state index contributed by atoms with van der Waals surface area (Å²) in [7, 11) is -3.81. The van der Waals surface area contributed by atoms with Crippen LogP contribution in [0.15, 0.2) is 35.5 Å². The number of hydrogen-bond acceptors (Lipinski definition) is 5. The van der Waals surface area contributed by atoms with Gasteiger partial charge in [-0.2, -0.15) is 0 Å². The van der Waals surface area contributed by atoms with Gasteiger partial charge in [0, 0.05) is 24.6 Å². The zero-order chi connectivity index (χ0) is 15.2. The molecule has 1 aliphatic heterocycles. The lowest BCUT2D eigenvalue weighted by atomic mass is 10.2. The monoisotopic (exact) mass is 306 g/mol. The molecule has 110 valence electrons. The van der Waals surface area contributed by atoms with Crippen LogP contribution < -0.4 is 5.73 Å². The highest BCUT2D eigenvalue weighted by atomic mass is 32.2. The third-order valence-corrected chi connectivity index (χ3v) is 5.32. The SMILES string of the molecule is Cc1nccn1CCN1C(=O)c2ccc(N)cc2S1(=O)=O. The summed E-state index contributed by atoms with van der Waals surface area (Å²) in [6.07, 6.45) is 3.37. The van der Waals surface area contributed by atoms with Crippen molar-refractivity contribution in [2.75, 3.05) is 12.3 Å². The number of aromatic nitrogens is 2. The minimum atomic E-state index is -3.81. The highest BCUT2D eigenvalue weighted by molar-refractivity contribution is 7.90. The molecular weight excluding hydrogens is 292 g/mol. The van der Waals surface area contributed by atoms with E-state index in [-0.39, 0.29) is 17.0 Å². The van der Waals surface area contributed by atoms with Crippen LogP contribution in [0.4, 0.5) is 5.69 Å². The summed E-state index contributed by atoms with van der Waals surface area (Å²) in [4.78, 5) is 16.3. The van der Waals surface area contributed by atoms with Gasteiger partial charge in [0.05, 0.1) is 12.1 Å². The zero-order valence-corrected chi connectivity index (χ0v) is 12.2. The maximum Gasteiger partial charge on any atom is 0.269 e. The quantitative estimate of drug-likeness (QED) is 0.838. The molecule has 21 heavy (non-hydrogen) atoms. The van der Waals surface area contributed by atoms with Crippen molar-refractivity contribution in [3.05, 3.63) is 42.0 Å². The third kappa shape index (κ3) is 2.07. The van der Waals surface area contributed by atoms with Gasteiger partial charge in [0.2, 0.25) is 0 Å². The highest BCUT2D eigenvalue weighted by Gasteiger charge is 2.40. The fourth-order valence-electron chi connectivity index (χ4n) is 2.35. The van der Waals surface area contributed by atoms with Gasteiger partial charge in [-0.15, -0.1) is 0 Å². The molecule has 2 N–H and O–H groups in total. The van der Waals surface area contributed by atoms with Crippen molar-refractivity contribution < 1.29 is 13.2 Å². The van der Waals surface area contributed by atoms with E-state index >= 15 is 0 Å². The molecule has 0 unspecified atom stereocenters. The van der Waals surface area contributed by atoms with Crippen LogP contribution in [0.5, 0.6) is 0 Å². The number of benzene rings is 1. The van der Waals surface area contributed by atoms with E-state index < -0.39 is 15.9 Å². The largest absolute Gasteiger partial charge is 0.399 e. The van der Waals surface area contributed by atoms with Crippen molar-refractivity contribution in [3.8, 4) is 0 Å². The number of nitrogens with zero attached hydrogens (tertiary/aromatic N) is 3. The average molecular weight is 306 g/mol. The summed E-state index contributed by atoms with van der Waals surface area (Å²) in [6.45, 7) is 2.24. The lowest BCUT2D eigenvalue weighted by molar-refractivity contribution is 0.0868. The molecule has 0 fully saturated rings. The molecule has 0 bridgehead atoms. The lowest BCUT2D eigenvalue weighted by Gasteiger charge is -2.15. The Morgan fingerprint density at radius 3 is 2.71 bits per heavy atom. The van der Waals surface area contributed by atoms with Crippen molar-refractivity contribution in [2.24, 2.45) is 0 Å². The number of imidazole rings is 1. The van der Waals surface area contributed by atoms with Crippen molar-refractivity contribution >= 4 is 21.6 Å². The summed E-state index contributed by atoms with van der Waals surface area (Å²) in [5.74, 6) is 0.253. The van der Waals surface area contributed by atoms with E-state index in [4.69, 9.17) is 5.73 Å². The van der Waals surface area contributed by atoms with Crippen LogP contribution in [0.1, 0.15) is 16.2 Å². The normalized spacial score (nSPS) is 16.2. The molecule has 2 heterocycles. The van der Waals surface area contributed by atoms with Crippen molar-refractivity contribution in [1.29, 1.82) is 0 Å². The number of anilines is 1. The lowest BCUT2D eigenvalue weighted by Crippen LogP contribution is -2.33. The summed E-state index contributed by atoms with van der Waals surface area (Å²) in [5.41, 5.74) is 6.10. The van der Waals surface area contributed by atoms with E-state index in [2.05, 4.69) is 4.98 Å². The third-order valence-electron chi connectivity index (χ3n) is 3.50. The maximum absolute atomic E-state index is 12.4. The Morgan fingerprint density at radius 2 is 2.05 bits per heavy atom. The number of carbonyl (C=O) groups is 1. The molecule has 0 aliphatic carbocycles. The van der Waals surface area contributed by atoms with Crippen LogP contribution in [0.25, 0.3) is 0 Å². The molecule has 1 aromatic carbocycles. The average Bonchev–Trinajstić information content (AvgIpc) is 2.90. The highest BCUT2D eigenvalue weighted by Crippen LogP contribution is 2.31. The Balaban J connectivity index is 1.91. The summed E-state index contributed by atoms with van der Waals surface area (Å²) in [6, 6.07) is 4.30. The number of nitrogen functional groups attached to an aromatic ring is 1. The van der Waals surface area contributed by atoms with Gasteiger partial charge in [0.25, 0.3) is 15.9 Å². The summed E-state index contributed by atoms with van der Waals surface area (Å²) < 4.78 is 27.5. The second-order valence-electron chi connectivity index (χ2n) is 4.81. The number of hydrogen-bond donors (Lipinski definition) is 1. The van der Waals surface area contributed by atoms with E-state index in [1.165, 1.54) is 18.2 Å². The van der Waals surface area contributed by atoms with Gasteiger partial charge < -0.3 is 10.3 Å². The molecule has 0 radical (unpaired) electrons. The standard InChI is InChI=1S/C13H14N4O3S/c1-9-15-4-5-16(9)6-7-17-13(18)11-3-2-10(14)8-12(11)21(17,19)20/h2-5,8H,6-7,14H2,1H3. The van der Waals surface area contributed by atoms with Crippen LogP contribution in [0, 0.1) is 6.92 Å². The van der Waals surface area contributed by atoms with Gasteiger partial charge in [-0.25, -0.2) is 17.7 Å². The number of amides is 1. The van der Waals surface area contributed by atoms with Gasteiger partial charge in [-0.05, 0) is 25.1 Å². The van der Waals surface area contributed by atoms with E-state index in [0.29, 0.717) is 12.2 Å². The predicted molar refractivity (Wildman–Crippen MR) is 76.0 cm³/mol. The van der Waals surface area contributed by atoms with Crippen LogP contribution in [-0.2, 0) is 16.6 Å². The fraction of sp³-hybridized carbons (Fsp3) is 0.231. The Morgan fingerprint density at radius 1 is 1.29 bits per heavy atom. The van der Waals surface area contributed by atoms with Crippen molar-refractivity contribution in [1.82, 2.24) is 13.9 Å². The van der Waals surface area contributed by atoms with Gasteiger partial charge in [-0.1, -0.05) is 0 Å². The van der Waals surface area contributed by atoms with Crippen molar-refractivity contribution in [3.63, 3.8) is 0 Å². The molecule has 1 aromatic heterocycles. The Bertz CT molecular complexity index is 826. The Labute approximate surface area is 122 Å². The van der Waals surface area contributed by atoms with E-state index in [1.54, 1.807) is 17.0 Å². The number of sulfonamides is 1. The van der Waals surface area contributed by atoms with Gasteiger partial charge in [-0.3, -0.25) is 4.79 Å². The molecule has 1 amide bonds. The zero-order valence-electron chi connectivity index (χ0n) is 11.4. The van der Waals surface area contributed by atoms with Crippen LogP contribution >= 0.6 is 0 Å². The van der Waals surface area contributed by atoms with E-state index in [0.717, 1.165) is 10.1 Å². The summed E-state index contributed by atoms with van der Waals surface area (Å²) in [5, 5.41) is 0. The van der Waals surface area contributed by atoms with Gasteiger partial charge >= 0.3 is 0 Å². The molecule has 0 saturated heterocycles. The Hall–Kier alpha value is -2.35. The van der Waals surface area contributed by atoms with Crippen LogP contribution in [0.3, 0.4) is 0 Å². The van der Waals surface area contributed by atoms with Crippen LogP contribution in [-0.4, -0.2) is 34.7 Å². The predicted octanol–water partition coefficient (Wildman–Crippen LogP) is 0.618. The summed E-state index contributed by atoms with van der Waals surface area (Å²) >= 11 is 0. The molecule has 2 aromatic rings. The topological polar surface area (TPSA) is 98.3 Å². The van der Waals surface area contributed by atoms with Gasteiger partial charge in [0.1, 0.15) is 10.7 Å². The first-order valence-corrected chi connectivity index (χ1v) is 7.79. The molecule has 1 aliphatic rings. The maximum atomic E-state index is 12.4. The molecule has 0 atom stereocenters. The number of carbonyl (C=O) groups excluding carboxylic acids is 1. The fourth-order valence-corrected chi connectivity index (χ4v) is 3.95. The number of fused-ring (bicyclic) bond motifs is 1. The van der Waals surface area contributed by atoms with E-state index in [1.807, 2.05) is 6.92 Å². The molecule has 7 nitrogen and oxygen atoms in total. The van der Waals surface area contributed by atoms with Crippen molar-refractivity contribution in [2.45, 2.75) is 18.4 Å². The Kier molecular flexibility index (Phi) is 2.98. The first kappa shape index (κ1) is 13.6. The number of aryl methyl sites for hydroxylation is 1. The van der Waals surface area contributed by atoms with E-state index in [9.17, 15) is 13.2 Å². The molecule has 3 rings (SSSR count). The number of rotatable bonds is 3. The minimum Gasteiger partial charge on any atom is -0.399 e. The minimum absolute atomic E-state index is 0.0187. The molecule has 0 saturated carbocycles. The number of nitrogens with two attached hydrogens (primary N) is 1. The second kappa shape index (κ2) is 4.59. The van der Waals surface area contributed by atoms with Crippen LogP contribution in [0.2, 0.25) is 0 Å². The smallest absolute Gasteiger partial charge is 0.269 e. The molecule has 8 heteroatoms. The van der Waals surface area contributed by atoms with Gasteiger partial charge in [0.15, 0.2) is 0 Å². The molecule has 0 spiro atoms. The first-order valence-electron chi connectivity index (χ1n) is 6.35. The molecular formula is C13H14N4O3S.